The summed E-state index contributed by atoms with van der Waals surface area (Å²) in [6, 6.07) is 19.0. The van der Waals surface area contributed by atoms with Crippen LogP contribution in [0.25, 0.3) is 11.3 Å². The zero-order valence-corrected chi connectivity index (χ0v) is 21.7. The molecule has 2 aromatic heterocycles. The Hall–Kier alpha value is -4.18. The number of nitrogens with two attached hydrogens (primary N) is 1. The summed E-state index contributed by atoms with van der Waals surface area (Å²) < 4.78 is 0. The van der Waals surface area contributed by atoms with Gasteiger partial charge in [-0.1, -0.05) is 18.2 Å². The molecule has 1 aliphatic heterocycles. The molecule has 3 heterocycles. The Morgan fingerprint density at radius 1 is 1.03 bits per heavy atom. The van der Waals surface area contributed by atoms with Crippen molar-refractivity contribution < 1.29 is 4.79 Å². The molecule has 0 atom stereocenters. The van der Waals surface area contributed by atoms with Gasteiger partial charge >= 0.3 is 0 Å². The first-order valence-corrected chi connectivity index (χ1v) is 12.7. The molecule has 0 unspecified atom stereocenters. The zero-order valence-electron chi connectivity index (χ0n) is 21.7. The van der Waals surface area contributed by atoms with Gasteiger partial charge in [0.15, 0.2) is 0 Å². The second-order valence-electron chi connectivity index (χ2n) is 9.59. The van der Waals surface area contributed by atoms with E-state index in [1.165, 1.54) is 10.6 Å². The van der Waals surface area contributed by atoms with Crippen LogP contribution in [0.4, 0.5) is 17.3 Å². The lowest BCUT2D eigenvalue weighted by Crippen LogP contribution is -2.43. The van der Waals surface area contributed by atoms with E-state index in [0.717, 1.165) is 49.5 Å². The number of hydrogen-bond acceptors (Lipinski definition) is 8. The van der Waals surface area contributed by atoms with Gasteiger partial charge in [0.25, 0.3) is 5.91 Å². The molecule has 9 heteroatoms. The van der Waals surface area contributed by atoms with Gasteiger partial charge in [-0.25, -0.2) is 20.8 Å². The lowest BCUT2D eigenvalue weighted by Gasteiger charge is -2.32. The molecular formula is C29H32N8O. The Labute approximate surface area is 222 Å². The molecule has 1 fully saturated rings. The van der Waals surface area contributed by atoms with Gasteiger partial charge in [0, 0.05) is 68.1 Å². The smallest absolute Gasteiger partial charge is 0.255 e. The van der Waals surface area contributed by atoms with Gasteiger partial charge < -0.3 is 10.2 Å². The van der Waals surface area contributed by atoms with Crippen molar-refractivity contribution in [1.82, 2.24) is 24.8 Å². The fraction of sp³-hybridized carbons (Fsp3) is 0.241. The number of benzene rings is 2. The number of amides is 1. The minimum atomic E-state index is -0.177. The summed E-state index contributed by atoms with van der Waals surface area (Å²) in [6.45, 7) is 7.14. The van der Waals surface area contributed by atoms with E-state index in [1.54, 1.807) is 18.6 Å². The largest absolute Gasteiger partial charge is 0.322 e. The number of piperazine rings is 1. The highest BCUT2D eigenvalue weighted by Crippen LogP contribution is 2.28. The van der Waals surface area contributed by atoms with Crippen molar-refractivity contribution in [3.05, 3.63) is 95.9 Å². The van der Waals surface area contributed by atoms with E-state index in [-0.39, 0.29) is 5.91 Å². The fourth-order valence-electron chi connectivity index (χ4n) is 4.42. The molecule has 0 spiro atoms. The molecule has 0 bridgehead atoms. The molecule has 0 saturated carbocycles. The maximum Gasteiger partial charge on any atom is 0.255 e. The third-order valence-electron chi connectivity index (χ3n) is 6.76. The SMILES string of the molecule is Cc1ccc(NC(=O)c2ccc(CN3CCN(C)CC3)cc2)cc1N(N)c1nccc(-c2cccnc2)n1. The predicted octanol–water partition coefficient (Wildman–Crippen LogP) is 3.86. The summed E-state index contributed by atoms with van der Waals surface area (Å²) in [5.74, 6) is 6.61. The van der Waals surface area contributed by atoms with Gasteiger partial charge in [-0.15, -0.1) is 0 Å². The summed E-state index contributed by atoms with van der Waals surface area (Å²) in [6.07, 6.45) is 5.12. The average molecular weight is 509 g/mol. The lowest BCUT2D eigenvalue weighted by atomic mass is 10.1. The van der Waals surface area contributed by atoms with Crippen LogP contribution < -0.4 is 16.2 Å². The van der Waals surface area contributed by atoms with Gasteiger partial charge in [-0.3, -0.25) is 14.7 Å². The number of aryl methyl sites for hydroxylation is 1. The molecule has 3 N–H and O–H groups in total. The van der Waals surface area contributed by atoms with E-state index < -0.39 is 0 Å². The van der Waals surface area contributed by atoms with E-state index in [2.05, 4.69) is 37.1 Å². The summed E-state index contributed by atoms with van der Waals surface area (Å²) in [5, 5.41) is 4.42. The van der Waals surface area contributed by atoms with Gasteiger partial charge in [-0.05, 0) is 67.6 Å². The van der Waals surface area contributed by atoms with Crippen LogP contribution in [0.3, 0.4) is 0 Å². The quantitative estimate of drug-likeness (QED) is 0.287. The number of carbonyl (C=O) groups excluding carboxylic acids is 1. The van der Waals surface area contributed by atoms with Crippen molar-refractivity contribution >= 4 is 23.2 Å². The van der Waals surface area contributed by atoms with Crippen molar-refractivity contribution in [1.29, 1.82) is 0 Å². The van der Waals surface area contributed by atoms with Crippen molar-refractivity contribution in [3.8, 4) is 11.3 Å². The summed E-state index contributed by atoms with van der Waals surface area (Å²) in [4.78, 5) is 30.9. The van der Waals surface area contributed by atoms with Crippen molar-refractivity contribution in [3.63, 3.8) is 0 Å². The number of pyridine rings is 1. The molecule has 1 aliphatic rings. The summed E-state index contributed by atoms with van der Waals surface area (Å²) in [5.41, 5.74) is 5.65. The van der Waals surface area contributed by atoms with Crippen LogP contribution in [0.15, 0.2) is 79.3 Å². The normalized spacial score (nSPS) is 14.3. The van der Waals surface area contributed by atoms with Gasteiger partial charge in [0.1, 0.15) is 0 Å². The van der Waals surface area contributed by atoms with Crippen molar-refractivity contribution in [2.24, 2.45) is 5.84 Å². The standard InChI is InChI=1S/C29H32N8O/c1-21-5-10-25(18-27(21)37(30)29-32-13-11-26(34-29)24-4-3-12-31-19-24)33-28(38)23-8-6-22(7-9-23)20-36-16-14-35(2)15-17-36/h3-13,18-19H,14-17,20,30H2,1-2H3,(H,33,38). The Bertz CT molecular complexity index is 1390. The van der Waals surface area contributed by atoms with Crippen LogP contribution in [0.2, 0.25) is 0 Å². The highest BCUT2D eigenvalue weighted by atomic mass is 16.1. The topological polar surface area (TPSA) is 104 Å². The number of aromatic nitrogens is 3. The third-order valence-corrected chi connectivity index (χ3v) is 6.76. The first kappa shape index (κ1) is 25.5. The van der Waals surface area contributed by atoms with Crippen LogP contribution in [-0.4, -0.2) is 63.9 Å². The second kappa shape index (κ2) is 11.5. The minimum absolute atomic E-state index is 0.177. The van der Waals surface area contributed by atoms with Crippen LogP contribution in [-0.2, 0) is 6.54 Å². The molecular weight excluding hydrogens is 476 g/mol. The molecule has 2 aromatic carbocycles. The zero-order chi connectivity index (χ0) is 26.5. The highest BCUT2D eigenvalue weighted by molar-refractivity contribution is 6.04. The number of nitrogens with zero attached hydrogens (tertiary/aromatic N) is 6. The van der Waals surface area contributed by atoms with Gasteiger partial charge in [-0.2, -0.15) is 0 Å². The average Bonchev–Trinajstić information content (AvgIpc) is 2.96. The van der Waals surface area contributed by atoms with E-state index in [9.17, 15) is 4.79 Å². The Morgan fingerprint density at radius 3 is 2.55 bits per heavy atom. The number of carbonyl (C=O) groups is 1. The molecule has 5 rings (SSSR count). The van der Waals surface area contributed by atoms with Crippen LogP contribution in [0.1, 0.15) is 21.5 Å². The maximum absolute atomic E-state index is 13.0. The molecule has 1 saturated heterocycles. The Balaban J connectivity index is 1.27. The molecule has 0 aliphatic carbocycles. The van der Waals surface area contributed by atoms with Crippen LogP contribution >= 0.6 is 0 Å². The molecule has 194 valence electrons. The van der Waals surface area contributed by atoms with E-state index in [4.69, 9.17) is 5.84 Å². The van der Waals surface area contributed by atoms with E-state index >= 15 is 0 Å². The second-order valence-corrected chi connectivity index (χ2v) is 9.59. The first-order chi connectivity index (χ1) is 18.5. The first-order valence-electron chi connectivity index (χ1n) is 12.7. The van der Waals surface area contributed by atoms with Crippen LogP contribution in [0.5, 0.6) is 0 Å². The highest BCUT2D eigenvalue weighted by Gasteiger charge is 2.16. The lowest BCUT2D eigenvalue weighted by molar-refractivity contribution is 0.102. The number of hydrogen-bond donors (Lipinski definition) is 2. The molecule has 38 heavy (non-hydrogen) atoms. The fourth-order valence-corrected chi connectivity index (χ4v) is 4.42. The number of hydrazine groups is 1. The Kier molecular flexibility index (Phi) is 7.69. The predicted molar refractivity (Wildman–Crippen MR) is 150 cm³/mol. The van der Waals surface area contributed by atoms with Gasteiger partial charge in [0.2, 0.25) is 5.95 Å². The Morgan fingerprint density at radius 2 is 1.82 bits per heavy atom. The van der Waals surface area contributed by atoms with Crippen molar-refractivity contribution in [2.75, 3.05) is 43.6 Å². The number of rotatable bonds is 7. The van der Waals surface area contributed by atoms with Gasteiger partial charge in [0.05, 0.1) is 11.4 Å². The monoisotopic (exact) mass is 508 g/mol. The molecule has 9 nitrogen and oxygen atoms in total. The third kappa shape index (κ3) is 6.03. The maximum atomic E-state index is 13.0. The van der Waals surface area contributed by atoms with E-state index in [1.807, 2.05) is 67.6 Å². The number of nitrogens with one attached hydrogen (secondary N) is 1. The van der Waals surface area contributed by atoms with Crippen molar-refractivity contribution in [2.45, 2.75) is 13.5 Å². The molecule has 1 amide bonds. The van der Waals surface area contributed by atoms with Crippen LogP contribution in [0, 0.1) is 6.92 Å². The molecule has 4 aromatic rings. The summed E-state index contributed by atoms with van der Waals surface area (Å²) >= 11 is 0. The molecule has 0 radical (unpaired) electrons. The number of likely N-dealkylation sites (N-methyl/N-ethyl adjacent to an activating group) is 1. The number of anilines is 3. The summed E-state index contributed by atoms with van der Waals surface area (Å²) in [7, 11) is 2.15. The van der Waals surface area contributed by atoms with E-state index in [0.29, 0.717) is 22.9 Å². The minimum Gasteiger partial charge on any atom is -0.322 e.